The highest BCUT2D eigenvalue weighted by atomic mass is 16.1. The van der Waals surface area contributed by atoms with E-state index in [1.807, 2.05) is 19.1 Å². The molecule has 3 aromatic rings. The van der Waals surface area contributed by atoms with E-state index < -0.39 is 0 Å². The van der Waals surface area contributed by atoms with E-state index >= 15 is 0 Å². The minimum Gasteiger partial charge on any atom is -0.341 e. The highest BCUT2D eigenvalue weighted by Gasteiger charge is 2.29. The molecule has 0 amide bonds. The number of aryl methyl sites for hydroxylation is 2. The van der Waals surface area contributed by atoms with Crippen LogP contribution in [-0.2, 0) is 12.8 Å². The Morgan fingerprint density at radius 1 is 1.24 bits per heavy atom. The average molecular weight is 448 g/mol. The summed E-state index contributed by atoms with van der Waals surface area (Å²) in [6.07, 6.45) is 3.90. The summed E-state index contributed by atoms with van der Waals surface area (Å²) in [6.45, 7) is 11.6. The van der Waals surface area contributed by atoms with Gasteiger partial charge in [-0.15, -0.1) is 0 Å². The van der Waals surface area contributed by atoms with Gasteiger partial charge >= 0.3 is 0 Å². The van der Waals surface area contributed by atoms with E-state index in [9.17, 15) is 9.59 Å². The van der Waals surface area contributed by atoms with Crippen molar-refractivity contribution in [3.63, 3.8) is 0 Å². The summed E-state index contributed by atoms with van der Waals surface area (Å²) in [6, 6.07) is 11.2. The number of aromatic amines is 1. The Morgan fingerprint density at radius 2 is 2.00 bits per heavy atom. The number of ketones is 1. The van der Waals surface area contributed by atoms with Crippen molar-refractivity contribution >= 4 is 16.7 Å². The molecular weight excluding hydrogens is 410 g/mol. The lowest BCUT2D eigenvalue weighted by atomic mass is 9.87. The number of H-pyrrole nitrogens is 1. The molecule has 0 radical (unpaired) electrons. The molecule has 4 rings (SSSR count). The number of nitrogens with zero attached hydrogens (tertiary/aromatic N) is 1. The third-order valence-corrected chi connectivity index (χ3v) is 7.53. The number of hydrogen-bond acceptors (Lipinski definition) is 3. The molecule has 5 nitrogen and oxygen atoms in total. The van der Waals surface area contributed by atoms with Gasteiger partial charge in [0.2, 0.25) is 0 Å². The highest BCUT2D eigenvalue weighted by Crippen LogP contribution is 2.36. The fourth-order valence-corrected chi connectivity index (χ4v) is 5.83. The maximum absolute atomic E-state index is 13.6. The van der Waals surface area contributed by atoms with Gasteiger partial charge in [0.15, 0.2) is 5.78 Å². The molecule has 0 bridgehead atoms. The number of hydrogen-bond donors (Lipinski definition) is 2. The van der Waals surface area contributed by atoms with Crippen LogP contribution in [0.2, 0.25) is 0 Å². The summed E-state index contributed by atoms with van der Waals surface area (Å²) in [7, 11) is 0. The number of aromatic nitrogens is 2. The molecule has 0 saturated carbocycles. The lowest BCUT2D eigenvalue weighted by Gasteiger charge is -2.34. The first kappa shape index (κ1) is 23.5. The Morgan fingerprint density at radius 3 is 2.73 bits per heavy atom. The first-order valence-electron chi connectivity index (χ1n) is 12.4. The molecule has 1 fully saturated rings. The molecule has 1 saturated heterocycles. The van der Waals surface area contributed by atoms with Crippen molar-refractivity contribution in [1.82, 2.24) is 14.9 Å². The third-order valence-electron chi connectivity index (χ3n) is 7.53. The van der Waals surface area contributed by atoms with E-state index in [1.54, 1.807) is 0 Å². The number of Topliss-reactive ketones (excluding diaryl/α,β-unsaturated/α-hetero) is 1. The maximum Gasteiger partial charge on any atom is 0.251 e. The number of piperidine rings is 1. The van der Waals surface area contributed by atoms with Gasteiger partial charge in [-0.05, 0) is 83.5 Å². The zero-order chi connectivity index (χ0) is 23.7. The smallest absolute Gasteiger partial charge is 0.251 e. The van der Waals surface area contributed by atoms with Crippen molar-refractivity contribution in [2.45, 2.75) is 78.8 Å². The summed E-state index contributed by atoms with van der Waals surface area (Å²) in [5, 5.41) is 4.58. The Hall–Kier alpha value is -2.66. The Bertz CT molecular complexity index is 1220. The van der Waals surface area contributed by atoms with Gasteiger partial charge in [-0.1, -0.05) is 25.1 Å². The second-order valence-corrected chi connectivity index (χ2v) is 9.79. The molecule has 1 aromatic carbocycles. The molecular formula is C28H37N3O2. The zero-order valence-electron chi connectivity index (χ0n) is 20.6. The Kier molecular flexibility index (Phi) is 6.89. The first-order valence-corrected chi connectivity index (χ1v) is 12.4. The van der Waals surface area contributed by atoms with Gasteiger partial charge in [0.1, 0.15) is 0 Å². The zero-order valence-corrected chi connectivity index (χ0v) is 20.6. The Balaban J connectivity index is 1.67. The van der Waals surface area contributed by atoms with E-state index in [-0.39, 0.29) is 11.3 Å². The van der Waals surface area contributed by atoms with Crippen LogP contribution < -0.4 is 10.9 Å². The van der Waals surface area contributed by atoms with E-state index in [2.05, 4.69) is 60.8 Å². The van der Waals surface area contributed by atoms with Gasteiger partial charge in [0, 0.05) is 51.9 Å². The Labute approximate surface area is 196 Å². The van der Waals surface area contributed by atoms with Crippen molar-refractivity contribution in [1.29, 1.82) is 0 Å². The number of fused-ring (bicyclic) bond motifs is 1. The minimum absolute atomic E-state index is 0.0625. The molecule has 3 heterocycles. The van der Waals surface area contributed by atoms with Crippen LogP contribution in [0.25, 0.3) is 10.9 Å². The SMILES string of the molecule is CCc1cc(C)[nH]c(=O)c1CCC(=O)c1c(C)n(C(C)C2CCNC(C)C2)c2ccccc12. The van der Waals surface area contributed by atoms with Crippen LogP contribution in [0.5, 0.6) is 0 Å². The molecule has 1 aliphatic rings. The molecule has 3 atom stereocenters. The summed E-state index contributed by atoms with van der Waals surface area (Å²) >= 11 is 0. The van der Waals surface area contributed by atoms with Crippen LogP contribution in [-0.4, -0.2) is 27.9 Å². The van der Waals surface area contributed by atoms with Gasteiger partial charge in [-0.25, -0.2) is 0 Å². The van der Waals surface area contributed by atoms with Gasteiger partial charge in [-0.3, -0.25) is 9.59 Å². The maximum atomic E-state index is 13.6. The van der Waals surface area contributed by atoms with Gasteiger partial charge in [-0.2, -0.15) is 0 Å². The fourth-order valence-electron chi connectivity index (χ4n) is 5.83. The number of carbonyl (C=O) groups is 1. The van der Waals surface area contributed by atoms with Crippen LogP contribution in [0.3, 0.4) is 0 Å². The van der Waals surface area contributed by atoms with Crippen LogP contribution in [0.4, 0.5) is 0 Å². The number of carbonyl (C=O) groups excluding carboxylic acids is 1. The lowest BCUT2D eigenvalue weighted by molar-refractivity contribution is 0.0983. The van der Waals surface area contributed by atoms with Crippen LogP contribution in [0, 0.1) is 19.8 Å². The predicted molar refractivity (Wildman–Crippen MR) is 135 cm³/mol. The molecule has 3 unspecified atom stereocenters. The number of para-hydroxylation sites is 1. The molecule has 176 valence electrons. The molecule has 0 aliphatic carbocycles. The first-order chi connectivity index (χ1) is 15.8. The van der Waals surface area contributed by atoms with Crippen molar-refractivity contribution in [2.24, 2.45) is 5.92 Å². The lowest BCUT2D eigenvalue weighted by Crippen LogP contribution is -2.38. The monoisotopic (exact) mass is 447 g/mol. The third kappa shape index (κ3) is 4.56. The fraction of sp³-hybridized carbons (Fsp3) is 0.500. The van der Waals surface area contributed by atoms with Crippen molar-refractivity contribution < 1.29 is 4.79 Å². The standard InChI is InChI=1S/C28H37N3O2/c1-6-21-16-18(3)30-28(33)23(21)11-12-26(32)27-20(5)31(25-10-8-7-9-24(25)27)19(4)22-13-14-29-17(2)15-22/h7-10,16-17,19,22,29H,6,11-15H2,1-5H3,(H,30,33). The van der Waals surface area contributed by atoms with Gasteiger partial charge < -0.3 is 14.9 Å². The second-order valence-electron chi connectivity index (χ2n) is 9.79. The van der Waals surface area contributed by atoms with Crippen LogP contribution in [0.1, 0.15) is 78.9 Å². The van der Waals surface area contributed by atoms with Crippen LogP contribution in [0.15, 0.2) is 35.1 Å². The van der Waals surface area contributed by atoms with Gasteiger partial charge in [0.25, 0.3) is 5.56 Å². The van der Waals surface area contributed by atoms with Gasteiger partial charge in [0.05, 0.1) is 0 Å². The molecule has 0 spiro atoms. The molecule has 1 aliphatic heterocycles. The van der Waals surface area contributed by atoms with Crippen LogP contribution >= 0.6 is 0 Å². The topological polar surface area (TPSA) is 66.9 Å². The summed E-state index contributed by atoms with van der Waals surface area (Å²) < 4.78 is 2.39. The largest absolute Gasteiger partial charge is 0.341 e. The van der Waals surface area contributed by atoms with E-state index in [0.717, 1.165) is 64.8 Å². The van der Waals surface area contributed by atoms with E-state index in [0.29, 0.717) is 30.8 Å². The summed E-state index contributed by atoms with van der Waals surface area (Å²) in [5.41, 5.74) is 5.60. The number of benzene rings is 1. The second kappa shape index (κ2) is 9.68. The molecule has 2 N–H and O–H groups in total. The summed E-state index contributed by atoms with van der Waals surface area (Å²) in [5.74, 6) is 0.701. The normalized spacial score (nSPS) is 19.7. The minimum atomic E-state index is -0.0625. The molecule has 5 heteroatoms. The summed E-state index contributed by atoms with van der Waals surface area (Å²) in [4.78, 5) is 29.0. The highest BCUT2D eigenvalue weighted by molar-refractivity contribution is 6.09. The van der Waals surface area contributed by atoms with Crippen molar-refractivity contribution in [3.05, 3.63) is 68.8 Å². The quantitative estimate of drug-likeness (QED) is 0.485. The molecule has 33 heavy (non-hydrogen) atoms. The van der Waals surface area contributed by atoms with E-state index in [4.69, 9.17) is 0 Å². The van der Waals surface area contributed by atoms with Crippen molar-refractivity contribution in [3.8, 4) is 0 Å². The molecule has 2 aromatic heterocycles. The average Bonchev–Trinajstić information content (AvgIpc) is 3.09. The van der Waals surface area contributed by atoms with E-state index in [1.165, 1.54) is 0 Å². The number of pyridine rings is 1. The number of rotatable bonds is 7. The number of nitrogens with one attached hydrogen (secondary N) is 2. The predicted octanol–water partition coefficient (Wildman–Crippen LogP) is 5.27. The van der Waals surface area contributed by atoms with Crippen molar-refractivity contribution in [2.75, 3.05) is 6.54 Å².